The summed E-state index contributed by atoms with van der Waals surface area (Å²) in [6, 6.07) is 8.63. The number of halogens is 2. The lowest BCUT2D eigenvalue weighted by Gasteiger charge is -2.09. The Labute approximate surface area is 139 Å². The summed E-state index contributed by atoms with van der Waals surface area (Å²) in [4.78, 5) is 4.03. The number of nitrogens with one attached hydrogen (secondary N) is 1. The zero-order valence-electron chi connectivity index (χ0n) is 10.4. The van der Waals surface area contributed by atoms with Crippen molar-refractivity contribution in [3.05, 3.63) is 51.5 Å². The number of aromatic nitrogens is 1. The average molecular weight is 404 g/mol. The van der Waals surface area contributed by atoms with Crippen LogP contribution in [0.2, 0.25) is 5.02 Å². The Morgan fingerprint density at radius 3 is 2.81 bits per heavy atom. The van der Waals surface area contributed by atoms with Gasteiger partial charge < -0.3 is 0 Å². The van der Waals surface area contributed by atoms with E-state index in [2.05, 4.69) is 25.6 Å². The number of thiophene rings is 1. The second kappa shape index (κ2) is 5.57. The SMILES string of the molecule is O=S(=O)(Nc1cccc2ccncc12)c1cc(Cl)c(Br)s1. The predicted molar refractivity (Wildman–Crippen MR) is 89.6 cm³/mol. The van der Waals surface area contributed by atoms with E-state index in [0.29, 0.717) is 14.5 Å². The van der Waals surface area contributed by atoms with Gasteiger partial charge in [0.05, 0.1) is 14.5 Å². The van der Waals surface area contributed by atoms with Crippen LogP contribution in [-0.2, 0) is 10.0 Å². The predicted octanol–water partition coefficient (Wildman–Crippen LogP) is 4.51. The van der Waals surface area contributed by atoms with Gasteiger partial charge in [0.15, 0.2) is 0 Å². The molecule has 2 heterocycles. The molecule has 0 amide bonds. The Kier molecular flexibility index (Phi) is 3.92. The van der Waals surface area contributed by atoms with Crippen LogP contribution in [0.15, 0.2) is 50.7 Å². The van der Waals surface area contributed by atoms with E-state index in [1.807, 2.05) is 12.1 Å². The van der Waals surface area contributed by atoms with Gasteiger partial charge in [0, 0.05) is 17.8 Å². The van der Waals surface area contributed by atoms with Crippen LogP contribution in [0.1, 0.15) is 0 Å². The van der Waals surface area contributed by atoms with E-state index in [-0.39, 0.29) is 4.21 Å². The van der Waals surface area contributed by atoms with Gasteiger partial charge in [0.1, 0.15) is 4.21 Å². The fourth-order valence-electron chi connectivity index (χ4n) is 1.86. The van der Waals surface area contributed by atoms with Gasteiger partial charge in [-0.05, 0) is 39.5 Å². The topological polar surface area (TPSA) is 59.1 Å². The van der Waals surface area contributed by atoms with Crippen molar-refractivity contribution in [2.45, 2.75) is 4.21 Å². The molecule has 1 N–H and O–H groups in total. The Morgan fingerprint density at radius 2 is 2.10 bits per heavy atom. The zero-order chi connectivity index (χ0) is 15.0. The van der Waals surface area contributed by atoms with Crippen LogP contribution in [0.5, 0.6) is 0 Å². The van der Waals surface area contributed by atoms with E-state index >= 15 is 0 Å². The summed E-state index contributed by atoms with van der Waals surface area (Å²) in [7, 11) is -3.68. The molecule has 8 heteroatoms. The highest BCUT2D eigenvalue weighted by Crippen LogP contribution is 2.35. The number of rotatable bonds is 3. The van der Waals surface area contributed by atoms with Crippen molar-refractivity contribution >= 4 is 65.4 Å². The first-order valence-electron chi connectivity index (χ1n) is 5.78. The van der Waals surface area contributed by atoms with Crippen molar-refractivity contribution < 1.29 is 8.42 Å². The monoisotopic (exact) mass is 402 g/mol. The molecule has 3 aromatic rings. The van der Waals surface area contributed by atoms with Crippen LogP contribution in [0.3, 0.4) is 0 Å². The van der Waals surface area contributed by atoms with Gasteiger partial charge in [-0.3, -0.25) is 9.71 Å². The molecule has 3 rings (SSSR count). The van der Waals surface area contributed by atoms with Crippen molar-refractivity contribution in [2.24, 2.45) is 0 Å². The third kappa shape index (κ3) is 2.91. The number of nitrogens with zero attached hydrogens (tertiary/aromatic N) is 1. The second-order valence-electron chi connectivity index (χ2n) is 4.19. The summed E-state index contributed by atoms with van der Waals surface area (Å²) in [6.45, 7) is 0. The normalized spacial score (nSPS) is 11.7. The molecule has 21 heavy (non-hydrogen) atoms. The number of pyridine rings is 1. The fourth-order valence-corrected chi connectivity index (χ4v) is 5.33. The fraction of sp³-hybridized carbons (Fsp3) is 0. The van der Waals surface area contributed by atoms with Crippen LogP contribution in [-0.4, -0.2) is 13.4 Å². The summed E-state index contributed by atoms with van der Waals surface area (Å²) < 4.78 is 28.1. The summed E-state index contributed by atoms with van der Waals surface area (Å²) in [5.41, 5.74) is 0.487. The lowest BCUT2D eigenvalue weighted by Crippen LogP contribution is -2.11. The summed E-state index contributed by atoms with van der Waals surface area (Å²) in [5, 5.41) is 2.03. The number of fused-ring (bicyclic) bond motifs is 1. The van der Waals surface area contributed by atoms with Crippen LogP contribution in [0, 0.1) is 0 Å². The molecule has 0 atom stereocenters. The largest absolute Gasteiger partial charge is 0.278 e. The summed E-state index contributed by atoms with van der Waals surface area (Å²) in [6.07, 6.45) is 3.29. The third-order valence-corrected chi connectivity index (χ3v) is 7.13. The molecule has 108 valence electrons. The summed E-state index contributed by atoms with van der Waals surface area (Å²) >= 11 is 10.2. The van der Waals surface area contributed by atoms with Crippen LogP contribution in [0.4, 0.5) is 5.69 Å². The first kappa shape index (κ1) is 14.8. The van der Waals surface area contributed by atoms with Gasteiger partial charge in [-0.25, -0.2) is 8.42 Å². The Morgan fingerprint density at radius 1 is 1.29 bits per heavy atom. The summed E-state index contributed by atoms with van der Waals surface area (Å²) in [5.74, 6) is 0. The first-order valence-corrected chi connectivity index (χ1v) is 9.25. The van der Waals surface area contributed by atoms with E-state index in [1.54, 1.807) is 24.5 Å². The molecule has 0 spiro atoms. The molecule has 4 nitrogen and oxygen atoms in total. The van der Waals surface area contributed by atoms with E-state index in [1.165, 1.54) is 6.07 Å². The van der Waals surface area contributed by atoms with Crippen LogP contribution < -0.4 is 4.72 Å². The highest BCUT2D eigenvalue weighted by molar-refractivity contribution is 9.11. The molecule has 0 aliphatic rings. The molecule has 0 saturated heterocycles. The number of hydrogen-bond acceptors (Lipinski definition) is 4. The molecule has 2 aromatic heterocycles. The molecule has 0 aliphatic carbocycles. The first-order chi connectivity index (χ1) is 9.97. The molecule has 0 unspecified atom stereocenters. The number of benzene rings is 1. The van der Waals surface area contributed by atoms with Gasteiger partial charge in [-0.2, -0.15) is 0 Å². The Bertz CT molecular complexity index is 900. The average Bonchev–Trinajstić information content (AvgIpc) is 2.80. The van der Waals surface area contributed by atoms with Gasteiger partial charge >= 0.3 is 0 Å². The molecule has 1 aromatic carbocycles. The second-order valence-corrected chi connectivity index (χ2v) is 8.88. The zero-order valence-corrected chi connectivity index (χ0v) is 14.4. The Hall–Kier alpha value is -1.15. The van der Waals surface area contributed by atoms with Crippen LogP contribution in [0.25, 0.3) is 10.8 Å². The van der Waals surface area contributed by atoms with E-state index in [9.17, 15) is 8.42 Å². The molecular weight excluding hydrogens is 396 g/mol. The quantitative estimate of drug-likeness (QED) is 0.700. The Balaban J connectivity index is 2.05. The number of sulfonamides is 1. The molecule has 0 bridgehead atoms. The van der Waals surface area contributed by atoms with Crippen molar-refractivity contribution in [1.29, 1.82) is 0 Å². The van der Waals surface area contributed by atoms with Gasteiger partial charge in [-0.15, -0.1) is 11.3 Å². The third-order valence-electron chi connectivity index (χ3n) is 2.82. The van der Waals surface area contributed by atoms with E-state index in [0.717, 1.165) is 22.1 Å². The molecule has 0 fully saturated rings. The highest BCUT2D eigenvalue weighted by Gasteiger charge is 2.20. The molecule has 0 aliphatic heterocycles. The number of hydrogen-bond donors (Lipinski definition) is 1. The van der Waals surface area contributed by atoms with E-state index < -0.39 is 10.0 Å². The lowest BCUT2D eigenvalue weighted by atomic mass is 10.1. The molecular formula is C13H8BrClN2O2S2. The van der Waals surface area contributed by atoms with Crippen molar-refractivity contribution in [3.8, 4) is 0 Å². The maximum Gasteiger partial charge on any atom is 0.271 e. The van der Waals surface area contributed by atoms with Crippen molar-refractivity contribution in [1.82, 2.24) is 4.98 Å². The number of anilines is 1. The maximum atomic E-state index is 12.4. The van der Waals surface area contributed by atoms with Gasteiger partial charge in [0.25, 0.3) is 10.0 Å². The van der Waals surface area contributed by atoms with Crippen molar-refractivity contribution in [3.63, 3.8) is 0 Å². The van der Waals surface area contributed by atoms with Gasteiger partial charge in [-0.1, -0.05) is 23.7 Å². The van der Waals surface area contributed by atoms with E-state index in [4.69, 9.17) is 11.6 Å². The highest BCUT2D eigenvalue weighted by atomic mass is 79.9. The smallest absolute Gasteiger partial charge is 0.271 e. The maximum absolute atomic E-state index is 12.4. The minimum atomic E-state index is -3.68. The van der Waals surface area contributed by atoms with Gasteiger partial charge in [0.2, 0.25) is 0 Å². The minimum Gasteiger partial charge on any atom is -0.278 e. The van der Waals surface area contributed by atoms with Crippen LogP contribution >= 0.6 is 38.9 Å². The molecule has 0 saturated carbocycles. The molecule has 0 radical (unpaired) electrons. The lowest BCUT2D eigenvalue weighted by molar-refractivity contribution is 0.603. The minimum absolute atomic E-state index is 0.153. The standard InChI is InChI=1S/C13H8BrClN2O2S2/c14-13-10(15)6-12(20-13)21(18,19)17-11-3-1-2-8-4-5-16-7-9(8)11/h1-7,17H. The van der Waals surface area contributed by atoms with Crippen molar-refractivity contribution in [2.75, 3.05) is 4.72 Å².